The highest BCUT2D eigenvalue weighted by atomic mass is 32.1. The van der Waals surface area contributed by atoms with Crippen molar-refractivity contribution < 1.29 is 0 Å². The van der Waals surface area contributed by atoms with Crippen molar-refractivity contribution in [2.75, 3.05) is 0 Å². The zero-order chi connectivity index (χ0) is 76.1. The maximum Gasteiger partial charge on any atom is 0.236 e. The molecule has 0 bridgehead atoms. The predicted octanol–water partition coefficient (Wildman–Crippen LogP) is 27.4. The van der Waals surface area contributed by atoms with Crippen molar-refractivity contribution in [3.8, 4) is 112 Å². The van der Waals surface area contributed by atoms with Gasteiger partial charge in [-0.15, -0.1) is 22.7 Å². The minimum atomic E-state index is 0.589. The lowest BCUT2D eigenvalue weighted by molar-refractivity contribution is 1.02. The first-order valence-electron chi connectivity index (χ1n) is 38.8. The van der Waals surface area contributed by atoms with Crippen LogP contribution >= 0.6 is 22.7 Å². The van der Waals surface area contributed by atoms with Gasteiger partial charge in [0.1, 0.15) is 4.83 Å². The molecule has 0 saturated heterocycles. The van der Waals surface area contributed by atoms with Gasteiger partial charge < -0.3 is 0 Å². The van der Waals surface area contributed by atoms with Crippen molar-refractivity contribution in [3.05, 3.63) is 365 Å². The van der Waals surface area contributed by atoms with Crippen LogP contribution in [0.4, 0.5) is 0 Å². The second kappa shape index (κ2) is 26.3. The van der Waals surface area contributed by atoms with Gasteiger partial charge in [0.2, 0.25) is 11.9 Å². The van der Waals surface area contributed by atoms with Crippen LogP contribution < -0.4 is 0 Å². The number of pyridine rings is 4. The van der Waals surface area contributed by atoms with Crippen LogP contribution in [-0.4, -0.2) is 49.0 Å². The van der Waals surface area contributed by atoms with Crippen LogP contribution in [0.5, 0.6) is 0 Å². The Hall–Kier alpha value is -15.1. The topological polar surface area (TPSA) is 113 Å². The number of hydrogen-bond acceptors (Lipinski definition) is 10. The molecular formula is C104H60N10S2. The Morgan fingerprint density at radius 2 is 0.707 bits per heavy atom. The lowest BCUT2D eigenvalue weighted by atomic mass is 9.92. The summed E-state index contributed by atoms with van der Waals surface area (Å²) in [5.41, 5.74) is 23.2. The zero-order valence-corrected chi connectivity index (χ0v) is 63.6. The van der Waals surface area contributed by atoms with Crippen molar-refractivity contribution in [1.29, 1.82) is 0 Å². The van der Waals surface area contributed by atoms with E-state index in [1.54, 1.807) is 22.7 Å². The van der Waals surface area contributed by atoms with Gasteiger partial charge in [-0.05, 0) is 184 Å². The molecule has 0 spiro atoms. The van der Waals surface area contributed by atoms with E-state index in [1.807, 2.05) is 67.6 Å². The first-order valence-corrected chi connectivity index (χ1v) is 40.4. The second-order valence-corrected chi connectivity index (χ2v) is 31.8. The molecule has 0 unspecified atom stereocenters. The Balaban J connectivity index is 0.656. The lowest BCUT2D eigenvalue weighted by Crippen LogP contribution is -2.02. The van der Waals surface area contributed by atoms with E-state index in [4.69, 9.17) is 34.9 Å². The highest BCUT2D eigenvalue weighted by molar-refractivity contribution is 7.26. The van der Waals surface area contributed by atoms with Crippen LogP contribution in [0.3, 0.4) is 0 Å². The minimum Gasteiger partial charge on any atom is -0.278 e. The normalized spacial score (nSPS) is 12.0. The molecule has 24 aromatic rings. The molecule has 0 amide bonds. The fourth-order valence-electron chi connectivity index (χ4n) is 17.9. The van der Waals surface area contributed by atoms with Gasteiger partial charge in [-0.25, -0.2) is 19.9 Å². The Morgan fingerprint density at radius 3 is 1.31 bits per heavy atom. The molecule has 24 rings (SSSR count). The summed E-state index contributed by atoms with van der Waals surface area (Å²) >= 11 is 3.44. The van der Waals surface area contributed by atoms with Crippen LogP contribution in [-0.2, 0) is 0 Å². The standard InChI is InChI=1S/C104H60N10S2/c1-2-16-62(17-3-1)82-56-91-84(54-80(82)67-46-50-105-51-47-67)97-98(109-104(112-102(97)116-91)114-89-44-40-65-20-6-10-27-78(65)95(89)96-79-28-11-7-21-66(79)41-45-90(96)114)69-34-30-61(31-35-69)71-22-14-23-72(52-71)74-53-75(60-107-59-74)81-55-85-92(57-83(81)73-24-15-48-106-58-73)115-101-99(70-36-32-68(33-37-70)86-29-12-13-49-108-86)110-103(111-100(85)101)113-87-42-38-63-18-4-8-25-76(63)93(87)94-77-26-9-5-19-64(77)39-43-88(94)113/h1-60H. The summed E-state index contributed by atoms with van der Waals surface area (Å²) < 4.78 is 7.77. The van der Waals surface area contributed by atoms with Crippen molar-refractivity contribution in [1.82, 2.24) is 49.0 Å². The molecule has 0 N–H and O–H groups in total. The molecular weight excluding hydrogens is 1450 g/mol. The largest absolute Gasteiger partial charge is 0.278 e. The fraction of sp³-hybridized carbons (Fsp3) is 0. The average molecular weight is 1510 g/mol. The van der Waals surface area contributed by atoms with E-state index < -0.39 is 0 Å². The SMILES string of the molecule is c1ccc(-c2cc3sc4nc(-n5c6ccc7ccccc7c6c6c7ccccc7ccc65)nc(-c5ccc(-c6cccc(-c7cncc(-c8cc9c(cc8-c8cccnc8)sc8c(-c%10ccc(-c%11ccccn%11)cc%10)nc(-n%10c%11ccc%12ccccc%12c%11c%11c%12ccccc%12ccc%11%10)nc89)c7)c6)cc5)c4c3cc2-c2ccncc2)cc1. The monoisotopic (exact) mass is 1510 g/mol. The predicted molar refractivity (Wildman–Crippen MR) is 482 cm³/mol. The number of nitrogens with zero attached hydrogens (tertiary/aromatic N) is 10. The van der Waals surface area contributed by atoms with E-state index in [9.17, 15) is 0 Å². The summed E-state index contributed by atoms with van der Waals surface area (Å²) in [6.07, 6.45) is 13.3. The summed E-state index contributed by atoms with van der Waals surface area (Å²) in [4.78, 5) is 42.9. The molecule has 0 radical (unpaired) electrons. The summed E-state index contributed by atoms with van der Waals surface area (Å²) in [6.45, 7) is 0. The molecule has 538 valence electrons. The highest BCUT2D eigenvalue weighted by Gasteiger charge is 2.28. The maximum absolute atomic E-state index is 5.83. The van der Waals surface area contributed by atoms with E-state index in [0.717, 1.165) is 163 Å². The third-order valence-electron chi connectivity index (χ3n) is 23.3. The van der Waals surface area contributed by atoms with Gasteiger partial charge in [-0.1, -0.05) is 231 Å². The Morgan fingerprint density at radius 1 is 0.241 bits per heavy atom. The van der Waals surface area contributed by atoms with Gasteiger partial charge in [0.15, 0.2) is 0 Å². The second-order valence-electron chi connectivity index (χ2n) is 29.7. The molecule has 0 saturated carbocycles. The van der Waals surface area contributed by atoms with E-state index in [1.165, 1.54) is 64.6 Å². The van der Waals surface area contributed by atoms with Crippen molar-refractivity contribution in [3.63, 3.8) is 0 Å². The highest BCUT2D eigenvalue weighted by Crippen LogP contribution is 2.50. The van der Waals surface area contributed by atoms with E-state index in [0.29, 0.717) is 11.9 Å². The van der Waals surface area contributed by atoms with Gasteiger partial charge in [-0.2, -0.15) is 0 Å². The van der Waals surface area contributed by atoms with Gasteiger partial charge in [-0.3, -0.25) is 29.1 Å². The third kappa shape index (κ3) is 10.5. The Kier molecular flexibility index (Phi) is 14.9. The first kappa shape index (κ1) is 65.6. The smallest absolute Gasteiger partial charge is 0.236 e. The molecule has 116 heavy (non-hydrogen) atoms. The van der Waals surface area contributed by atoms with E-state index in [-0.39, 0.29) is 0 Å². The van der Waals surface area contributed by atoms with Crippen LogP contribution in [0.25, 0.3) is 240 Å². The molecule has 0 atom stereocenters. The number of aromatic nitrogens is 10. The van der Waals surface area contributed by atoms with Crippen LogP contribution in [0.15, 0.2) is 365 Å². The summed E-state index contributed by atoms with van der Waals surface area (Å²) in [7, 11) is 0. The minimum absolute atomic E-state index is 0.589. The Bertz CT molecular complexity index is 8000. The van der Waals surface area contributed by atoms with Gasteiger partial charge in [0.25, 0.3) is 0 Å². The summed E-state index contributed by atoms with van der Waals surface area (Å²) in [5, 5.41) is 17.3. The number of hydrogen-bond donors (Lipinski definition) is 0. The van der Waals surface area contributed by atoms with E-state index >= 15 is 0 Å². The van der Waals surface area contributed by atoms with Crippen LogP contribution in [0.1, 0.15) is 0 Å². The first-order chi connectivity index (χ1) is 57.5. The molecule has 0 fully saturated rings. The molecule has 10 heterocycles. The zero-order valence-electron chi connectivity index (χ0n) is 61.9. The number of fused-ring (bicyclic) bond motifs is 20. The lowest BCUT2D eigenvalue weighted by Gasteiger charge is -2.13. The number of benzene rings is 14. The molecule has 12 heteroatoms. The van der Waals surface area contributed by atoms with Gasteiger partial charge >= 0.3 is 0 Å². The summed E-state index contributed by atoms with van der Waals surface area (Å²) in [6, 6.07) is 116. The summed E-state index contributed by atoms with van der Waals surface area (Å²) in [5.74, 6) is 1.20. The van der Waals surface area contributed by atoms with Crippen molar-refractivity contribution >= 4 is 150 Å². The van der Waals surface area contributed by atoms with E-state index in [2.05, 4.69) is 311 Å². The molecule has 0 aliphatic heterocycles. The van der Waals surface area contributed by atoms with Gasteiger partial charge in [0, 0.05) is 124 Å². The molecule has 14 aromatic carbocycles. The average Bonchev–Trinajstić information content (AvgIpc) is 1.56. The quantitative estimate of drug-likeness (QED) is 0.126. The molecule has 0 aliphatic rings. The van der Waals surface area contributed by atoms with Gasteiger partial charge in [0.05, 0.1) is 49.4 Å². The molecule has 10 nitrogen and oxygen atoms in total. The molecule has 10 aromatic heterocycles. The fourth-order valence-corrected chi connectivity index (χ4v) is 20.2. The third-order valence-corrected chi connectivity index (χ3v) is 25.5. The number of rotatable bonds is 11. The Labute approximate surface area is 671 Å². The van der Waals surface area contributed by atoms with Crippen molar-refractivity contribution in [2.45, 2.75) is 0 Å². The maximum atomic E-state index is 5.83. The van der Waals surface area contributed by atoms with Crippen molar-refractivity contribution in [2.24, 2.45) is 0 Å². The number of thiophene rings is 2. The molecule has 0 aliphatic carbocycles. The van der Waals surface area contributed by atoms with Crippen LogP contribution in [0.2, 0.25) is 0 Å². The van der Waals surface area contributed by atoms with Crippen LogP contribution in [0, 0.1) is 0 Å².